The monoisotopic (exact) mass is 352 g/mol. The van der Waals surface area contributed by atoms with E-state index in [0.717, 1.165) is 25.5 Å². The quantitative estimate of drug-likeness (QED) is 0.896. The number of nitrogens with zero attached hydrogens (tertiary/aromatic N) is 1. The minimum absolute atomic E-state index is 0.0697. The highest BCUT2D eigenvalue weighted by Gasteiger charge is 2.28. The Morgan fingerprint density at radius 2 is 1.71 bits per heavy atom. The van der Waals surface area contributed by atoms with Crippen molar-refractivity contribution in [2.45, 2.75) is 24.2 Å². The molecule has 1 aromatic rings. The SMILES string of the molecule is CS(=O)(=O)Nc1ccc(Cl)c(S(=O)(=O)N2CCCCC2)c1. The van der Waals surface area contributed by atoms with Gasteiger partial charge in [-0.15, -0.1) is 0 Å². The van der Waals surface area contributed by atoms with Gasteiger partial charge in [0.25, 0.3) is 0 Å². The van der Waals surface area contributed by atoms with Gasteiger partial charge in [-0.25, -0.2) is 16.8 Å². The van der Waals surface area contributed by atoms with Crippen molar-refractivity contribution >= 4 is 37.3 Å². The molecule has 0 aromatic heterocycles. The standard InChI is InChI=1S/C12H17ClN2O4S2/c1-20(16,17)14-10-5-6-11(13)12(9-10)21(18,19)15-7-3-2-4-8-15/h5-6,9,14H,2-4,7-8H2,1H3. The number of sulfonamides is 2. The summed E-state index contributed by atoms with van der Waals surface area (Å²) in [6.45, 7) is 0.921. The predicted molar refractivity (Wildman–Crippen MR) is 82.5 cm³/mol. The van der Waals surface area contributed by atoms with Crippen LogP contribution in [-0.4, -0.2) is 40.5 Å². The van der Waals surface area contributed by atoms with Gasteiger partial charge in [0, 0.05) is 18.8 Å². The number of hydrogen-bond acceptors (Lipinski definition) is 4. The van der Waals surface area contributed by atoms with Crippen LogP contribution in [0, 0.1) is 0 Å². The van der Waals surface area contributed by atoms with Crippen LogP contribution in [0.1, 0.15) is 19.3 Å². The van der Waals surface area contributed by atoms with Crippen LogP contribution in [-0.2, 0) is 20.0 Å². The normalized spacial score (nSPS) is 17.6. The first-order valence-electron chi connectivity index (χ1n) is 6.48. The number of benzene rings is 1. The molecular formula is C12H17ClN2O4S2. The smallest absolute Gasteiger partial charge is 0.244 e. The van der Waals surface area contributed by atoms with Crippen LogP contribution in [0.3, 0.4) is 0 Å². The van der Waals surface area contributed by atoms with Gasteiger partial charge in [0.15, 0.2) is 0 Å². The molecule has 0 radical (unpaired) electrons. The molecule has 0 aliphatic carbocycles. The molecule has 9 heteroatoms. The lowest BCUT2D eigenvalue weighted by atomic mass is 10.2. The Balaban J connectivity index is 2.40. The molecule has 1 saturated heterocycles. The minimum atomic E-state index is -3.70. The molecule has 0 spiro atoms. The van der Waals surface area contributed by atoms with Gasteiger partial charge in [0.1, 0.15) is 4.90 Å². The highest BCUT2D eigenvalue weighted by Crippen LogP contribution is 2.29. The van der Waals surface area contributed by atoms with E-state index in [1.54, 1.807) is 0 Å². The lowest BCUT2D eigenvalue weighted by Crippen LogP contribution is -2.35. The fourth-order valence-electron chi connectivity index (χ4n) is 2.22. The highest BCUT2D eigenvalue weighted by molar-refractivity contribution is 7.92. The van der Waals surface area contributed by atoms with Crippen LogP contribution in [0.25, 0.3) is 0 Å². The van der Waals surface area contributed by atoms with E-state index in [0.29, 0.717) is 13.1 Å². The van der Waals surface area contributed by atoms with Crippen LogP contribution in [0.4, 0.5) is 5.69 Å². The van der Waals surface area contributed by atoms with Gasteiger partial charge in [-0.05, 0) is 31.0 Å². The second-order valence-electron chi connectivity index (χ2n) is 4.98. The van der Waals surface area contributed by atoms with Crippen molar-refractivity contribution in [1.82, 2.24) is 4.31 Å². The van der Waals surface area contributed by atoms with E-state index < -0.39 is 20.0 Å². The van der Waals surface area contributed by atoms with Crippen molar-refractivity contribution in [3.8, 4) is 0 Å². The maximum Gasteiger partial charge on any atom is 0.244 e. The molecule has 1 fully saturated rings. The summed E-state index contributed by atoms with van der Waals surface area (Å²) < 4.78 is 51.3. The molecule has 1 heterocycles. The number of anilines is 1. The summed E-state index contributed by atoms with van der Waals surface area (Å²) in [7, 11) is -7.18. The first kappa shape index (κ1) is 16.5. The van der Waals surface area contributed by atoms with E-state index >= 15 is 0 Å². The van der Waals surface area contributed by atoms with E-state index in [4.69, 9.17) is 11.6 Å². The Kier molecular flexibility index (Phi) is 4.82. The Hall–Kier alpha value is -0.830. The third kappa shape index (κ3) is 4.09. The molecule has 0 amide bonds. The van der Waals surface area contributed by atoms with Crippen LogP contribution in [0.5, 0.6) is 0 Å². The second kappa shape index (κ2) is 6.12. The van der Waals surface area contributed by atoms with E-state index in [9.17, 15) is 16.8 Å². The van der Waals surface area contributed by atoms with Crippen LogP contribution in [0.2, 0.25) is 5.02 Å². The van der Waals surface area contributed by atoms with Crippen molar-refractivity contribution in [3.63, 3.8) is 0 Å². The van der Waals surface area contributed by atoms with Gasteiger partial charge in [-0.3, -0.25) is 4.72 Å². The molecule has 0 unspecified atom stereocenters. The fraction of sp³-hybridized carbons (Fsp3) is 0.500. The number of nitrogens with one attached hydrogen (secondary N) is 1. The van der Waals surface area contributed by atoms with Crippen molar-refractivity contribution < 1.29 is 16.8 Å². The molecular weight excluding hydrogens is 336 g/mol. The summed E-state index contributed by atoms with van der Waals surface area (Å²) >= 11 is 5.99. The van der Waals surface area contributed by atoms with Gasteiger partial charge in [0.2, 0.25) is 20.0 Å². The van der Waals surface area contributed by atoms with Gasteiger partial charge in [-0.1, -0.05) is 18.0 Å². The maximum atomic E-state index is 12.6. The van der Waals surface area contributed by atoms with Crippen molar-refractivity contribution in [2.75, 3.05) is 24.1 Å². The van der Waals surface area contributed by atoms with E-state index in [2.05, 4.69) is 4.72 Å². The van der Waals surface area contributed by atoms with E-state index in [-0.39, 0.29) is 15.6 Å². The largest absolute Gasteiger partial charge is 0.284 e. The maximum absolute atomic E-state index is 12.6. The van der Waals surface area contributed by atoms with Crippen molar-refractivity contribution in [3.05, 3.63) is 23.2 Å². The lowest BCUT2D eigenvalue weighted by Gasteiger charge is -2.26. The van der Waals surface area contributed by atoms with Crippen molar-refractivity contribution in [2.24, 2.45) is 0 Å². The van der Waals surface area contributed by atoms with Crippen LogP contribution >= 0.6 is 11.6 Å². The zero-order valence-electron chi connectivity index (χ0n) is 11.5. The van der Waals surface area contributed by atoms with Crippen LogP contribution in [0.15, 0.2) is 23.1 Å². The van der Waals surface area contributed by atoms with Gasteiger partial charge in [0.05, 0.1) is 11.3 Å². The molecule has 0 saturated carbocycles. The molecule has 6 nitrogen and oxygen atoms in total. The third-order valence-corrected chi connectivity index (χ3v) is 6.15. The molecule has 1 aromatic carbocycles. The number of rotatable bonds is 4. The summed E-state index contributed by atoms with van der Waals surface area (Å²) in [6, 6.07) is 4.07. The highest BCUT2D eigenvalue weighted by atomic mass is 35.5. The van der Waals surface area contributed by atoms with E-state index in [1.807, 2.05) is 0 Å². The fourth-order valence-corrected chi connectivity index (χ4v) is 4.80. The molecule has 21 heavy (non-hydrogen) atoms. The van der Waals surface area contributed by atoms with Crippen LogP contribution < -0.4 is 4.72 Å². The number of piperidine rings is 1. The summed E-state index contributed by atoms with van der Waals surface area (Å²) in [5.41, 5.74) is 0.178. The van der Waals surface area contributed by atoms with Gasteiger partial charge >= 0.3 is 0 Å². The Morgan fingerprint density at radius 1 is 1.10 bits per heavy atom. The molecule has 1 aliphatic rings. The van der Waals surface area contributed by atoms with Gasteiger partial charge < -0.3 is 0 Å². The zero-order chi connectivity index (χ0) is 15.7. The summed E-state index contributed by atoms with van der Waals surface area (Å²) in [4.78, 5) is -0.0697. The first-order chi connectivity index (χ1) is 9.70. The average molecular weight is 353 g/mol. The molecule has 1 N–H and O–H groups in total. The molecule has 1 aliphatic heterocycles. The zero-order valence-corrected chi connectivity index (χ0v) is 13.9. The predicted octanol–water partition coefficient (Wildman–Crippen LogP) is 1.89. The number of hydrogen-bond donors (Lipinski definition) is 1. The molecule has 118 valence electrons. The first-order valence-corrected chi connectivity index (χ1v) is 10.2. The molecule has 0 atom stereocenters. The lowest BCUT2D eigenvalue weighted by molar-refractivity contribution is 0.346. The number of halogens is 1. The van der Waals surface area contributed by atoms with E-state index in [1.165, 1.54) is 22.5 Å². The van der Waals surface area contributed by atoms with Crippen molar-refractivity contribution in [1.29, 1.82) is 0 Å². The molecule has 0 bridgehead atoms. The summed E-state index contributed by atoms with van der Waals surface area (Å²) in [5.74, 6) is 0. The minimum Gasteiger partial charge on any atom is -0.284 e. The Bertz CT molecular complexity index is 726. The summed E-state index contributed by atoms with van der Waals surface area (Å²) in [6.07, 6.45) is 3.64. The third-order valence-electron chi connectivity index (χ3n) is 3.17. The molecule has 2 rings (SSSR count). The summed E-state index contributed by atoms with van der Waals surface area (Å²) in [5, 5.41) is 0.0830. The topological polar surface area (TPSA) is 83.5 Å². The average Bonchev–Trinajstić information content (AvgIpc) is 2.40. The second-order valence-corrected chi connectivity index (χ2v) is 9.05. The Morgan fingerprint density at radius 3 is 2.29 bits per heavy atom. The Labute approximate surface area is 130 Å². The van der Waals surface area contributed by atoms with Gasteiger partial charge in [-0.2, -0.15) is 4.31 Å².